The van der Waals surface area contributed by atoms with E-state index in [0.29, 0.717) is 30.2 Å². The zero-order valence-electron chi connectivity index (χ0n) is 19.9. The molecule has 0 saturated carbocycles. The van der Waals surface area contributed by atoms with Gasteiger partial charge in [0, 0.05) is 18.2 Å². The third-order valence-electron chi connectivity index (χ3n) is 6.53. The molecule has 3 aromatic carbocycles. The van der Waals surface area contributed by atoms with E-state index in [-0.39, 0.29) is 6.04 Å². The maximum atomic E-state index is 11.8. The van der Waals surface area contributed by atoms with Crippen molar-refractivity contribution in [2.75, 3.05) is 34.4 Å². The largest absolute Gasteiger partial charge is 0.496 e. The molecule has 1 saturated heterocycles. The van der Waals surface area contributed by atoms with E-state index in [0.717, 1.165) is 35.2 Å². The van der Waals surface area contributed by atoms with Gasteiger partial charge in [-0.2, -0.15) is 0 Å². The molecule has 0 aliphatic carbocycles. The number of hydrogen-bond acceptors (Lipinski definition) is 5. The number of carboxylic acids is 1. The van der Waals surface area contributed by atoms with Gasteiger partial charge in [0.1, 0.15) is 5.75 Å². The van der Waals surface area contributed by atoms with Crippen molar-refractivity contribution in [3.63, 3.8) is 0 Å². The van der Waals surface area contributed by atoms with Crippen molar-refractivity contribution >= 4 is 5.97 Å². The third-order valence-corrected chi connectivity index (χ3v) is 6.53. The average molecular weight is 462 g/mol. The molecule has 6 nitrogen and oxygen atoms in total. The third kappa shape index (κ3) is 4.87. The number of benzene rings is 3. The smallest absolute Gasteiger partial charge is 0.307 e. The van der Waals surface area contributed by atoms with E-state index in [1.165, 1.54) is 0 Å². The van der Waals surface area contributed by atoms with Gasteiger partial charge in [0.15, 0.2) is 11.5 Å². The van der Waals surface area contributed by atoms with Gasteiger partial charge in [-0.15, -0.1) is 0 Å². The van der Waals surface area contributed by atoms with Crippen LogP contribution in [0.2, 0.25) is 0 Å². The number of likely N-dealkylation sites (tertiary alicyclic amines) is 1. The van der Waals surface area contributed by atoms with E-state index in [9.17, 15) is 9.90 Å². The van der Waals surface area contributed by atoms with Gasteiger partial charge in [0.2, 0.25) is 0 Å². The summed E-state index contributed by atoms with van der Waals surface area (Å²) in [7, 11) is 4.84. The van der Waals surface area contributed by atoms with E-state index < -0.39 is 11.9 Å². The lowest BCUT2D eigenvalue weighted by atomic mass is 9.90. The molecule has 0 spiro atoms. The van der Waals surface area contributed by atoms with Crippen molar-refractivity contribution in [1.82, 2.24) is 4.90 Å². The number of piperidine rings is 1. The molecule has 34 heavy (non-hydrogen) atoms. The van der Waals surface area contributed by atoms with Gasteiger partial charge in [-0.3, -0.25) is 9.69 Å². The van der Waals surface area contributed by atoms with Crippen LogP contribution in [0.1, 0.15) is 30.0 Å². The number of carbonyl (C=O) groups is 1. The van der Waals surface area contributed by atoms with Crippen LogP contribution in [0.15, 0.2) is 66.7 Å². The highest BCUT2D eigenvalue weighted by atomic mass is 16.5. The van der Waals surface area contributed by atoms with Crippen molar-refractivity contribution in [3.8, 4) is 28.4 Å². The lowest BCUT2D eigenvalue weighted by Crippen LogP contribution is -2.41. The molecule has 1 heterocycles. The first kappa shape index (κ1) is 23.6. The van der Waals surface area contributed by atoms with Crippen molar-refractivity contribution < 1.29 is 24.1 Å². The summed E-state index contributed by atoms with van der Waals surface area (Å²) in [5.74, 6) is 0.722. The summed E-state index contributed by atoms with van der Waals surface area (Å²) < 4.78 is 16.8. The molecular formula is C28H31NO5. The Hall–Kier alpha value is -3.51. The quantitative estimate of drug-likeness (QED) is 0.493. The fourth-order valence-electron chi connectivity index (χ4n) is 4.78. The molecule has 2 atom stereocenters. The molecule has 0 bridgehead atoms. The fourth-order valence-corrected chi connectivity index (χ4v) is 4.78. The maximum absolute atomic E-state index is 11.8. The van der Waals surface area contributed by atoms with Crippen molar-refractivity contribution in [1.29, 1.82) is 0 Å². The summed E-state index contributed by atoms with van der Waals surface area (Å²) in [4.78, 5) is 14.1. The van der Waals surface area contributed by atoms with Crippen LogP contribution in [0.3, 0.4) is 0 Å². The fraction of sp³-hybridized carbons (Fsp3) is 0.321. The SMILES string of the molecule is COc1cc(OC)c(C(c2ccc(-c3ccccc3)cc2)N2CCCC(C(=O)O)C2)cc1OC. The average Bonchev–Trinajstić information content (AvgIpc) is 2.89. The minimum atomic E-state index is -0.748. The molecule has 0 radical (unpaired) electrons. The standard InChI is InChI=1S/C28H31NO5/c1-32-24-17-26(34-3)25(33-2)16-23(24)27(29-15-7-10-22(18-29)28(30)31)21-13-11-20(12-14-21)19-8-5-4-6-9-19/h4-6,8-9,11-14,16-17,22,27H,7,10,15,18H2,1-3H3,(H,30,31). The first-order valence-corrected chi connectivity index (χ1v) is 11.5. The highest BCUT2D eigenvalue weighted by Gasteiger charge is 2.33. The topological polar surface area (TPSA) is 68.2 Å². The summed E-state index contributed by atoms with van der Waals surface area (Å²) in [6.45, 7) is 1.27. The summed E-state index contributed by atoms with van der Waals surface area (Å²) >= 11 is 0. The van der Waals surface area contributed by atoms with Crippen LogP contribution in [0.25, 0.3) is 11.1 Å². The zero-order chi connectivity index (χ0) is 24.1. The zero-order valence-corrected chi connectivity index (χ0v) is 19.9. The number of carboxylic acid groups (broad SMARTS) is 1. The normalized spacial score (nSPS) is 17.1. The molecule has 0 amide bonds. The number of ether oxygens (including phenoxy) is 3. The molecule has 4 rings (SSSR count). The Labute approximate surface area is 200 Å². The number of nitrogens with zero attached hydrogens (tertiary/aromatic N) is 1. The van der Waals surface area contributed by atoms with Crippen LogP contribution in [-0.4, -0.2) is 50.4 Å². The van der Waals surface area contributed by atoms with Crippen molar-refractivity contribution in [2.45, 2.75) is 18.9 Å². The van der Waals surface area contributed by atoms with Crippen molar-refractivity contribution in [2.24, 2.45) is 5.92 Å². The van der Waals surface area contributed by atoms with Gasteiger partial charge >= 0.3 is 5.97 Å². The van der Waals surface area contributed by atoms with Crippen LogP contribution in [0.4, 0.5) is 0 Å². The molecular weight excluding hydrogens is 430 g/mol. The van der Waals surface area contributed by atoms with Gasteiger partial charge in [-0.25, -0.2) is 0 Å². The first-order valence-electron chi connectivity index (χ1n) is 11.5. The number of hydrogen-bond donors (Lipinski definition) is 1. The van der Waals surface area contributed by atoms with E-state index in [1.54, 1.807) is 21.3 Å². The predicted octanol–water partition coefficient (Wildman–Crippen LogP) is 5.27. The minimum Gasteiger partial charge on any atom is -0.496 e. The van der Waals surface area contributed by atoms with Crippen LogP contribution < -0.4 is 14.2 Å². The van der Waals surface area contributed by atoms with Crippen LogP contribution in [0.5, 0.6) is 17.2 Å². The minimum absolute atomic E-state index is 0.193. The Morgan fingerprint density at radius 1 is 0.882 bits per heavy atom. The van der Waals surface area contributed by atoms with E-state index >= 15 is 0 Å². The predicted molar refractivity (Wildman–Crippen MR) is 132 cm³/mol. The summed E-state index contributed by atoms with van der Waals surface area (Å²) in [5, 5.41) is 9.70. The number of aliphatic carboxylic acids is 1. The Bertz CT molecular complexity index is 1110. The van der Waals surface area contributed by atoms with Gasteiger partial charge in [-0.1, -0.05) is 54.6 Å². The second kappa shape index (κ2) is 10.6. The first-order chi connectivity index (χ1) is 16.5. The number of methoxy groups -OCH3 is 3. The molecule has 6 heteroatoms. The van der Waals surface area contributed by atoms with Gasteiger partial charge in [0.25, 0.3) is 0 Å². The lowest BCUT2D eigenvalue weighted by molar-refractivity contribution is -0.143. The Morgan fingerprint density at radius 2 is 1.50 bits per heavy atom. The van der Waals surface area contributed by atoms with Crippen LogP contribution in [-0.2, 0) is 4.79 Å². The molecule has 1 aliphatic rings. The second-order valence-electron chi connectivity index (χ2n) is 8.51. The highest BCUT2D eigenvalue weighted by molar-refractivity contribution is 5.70. The van der Waals surface area contributed by atoms with Gasteiger partial charge in [0.05, 0.1) is 33.3 Å². The molecule has 0 aromatic heterocycles. The molecule has 1 N–H and O–H groups in total. The Kier molecular flexibility index (Phi) is 7.38. The highest BCUT2D eigenvalue weighted by Crippen LogP contribution is 2.43. The van der Waals surface area contributed by atoms with Crippen molar-refractivity contribution in [3.05, 3.63) is 77.9 Å². The van der Waals surface area contributed by atoms with Crippen LogP contribution in [0, 0.1) is 5.92 Å². The van der Waals surface area contributed by atoms with Gasteiger partial charge in [-0.05, 0) is 42.1 Å². The second-order valence-corrected chi connectivity index (χ2v) is 8.51. The Morgan fingerprint density at radius 3 is 2.12 bits per heavy atom. The maximum Gasteiger partial charge on any atom is 0.307 e. The molecule has 1 fully saturated rings. The van der Waals surface area contributed by atoms with Gasteiger partial charge < -0.3 is 19.3 Å². The number of rotatable bonds is 8. The monoisotopic (exact) mass is 461 g/mol. The molecule has 178 valence electrons. The van der Waals surface area contributed by atoms with E-state index in [1.807, 2.05) is 30.3 Å². The summed E-state index contributed by atoms with van der Waals surface area (Å²) in [6.07, 6.45) is 1.51. The molecule has 1 aliphatic heterocycles. The Balaban J connectivity index is 1.80. The molecule has 2 unspecified atom stereocenters. The molecule has 3 aromatic rings. The lowest BCUT2D eigenvalue weighted by Gasteiger charge is -2.38. The van der Waals surface area contributed by atoms with Crippen LogP contribution >= 0.6 is 0 Å². The van der Waals surface area contributed by atoms with E-state index in [2.05, 4.69) is 41.3 Å². The summed E-state index contributed by atoms with van der Waals surface area (Å²) in [6, 6.07) is 22.3. The summed E-state index contributed by atoms with van der Waals surface area (Å²) in [5.41, 5.74) is 4.26. The van der Waals surface area contributed by atoms with E-state index in [4.69, 9.17) is 14.2 Å².